The minimum Gasteiger partial charge on any atom is -0.461 e. The Balaban J connectivity index is 1.50. The summed E-state index contributed by atoms with van der Waals surface area (Å²) in [6, 6.07) is 0. The van der Waals surface area contributed by atoms with Crippen molar-refractivity contribution in [2.24, 2.45) is 40.9 Å². The highest BCUT2D eigenvalue weighted by atomic mass is 16.6. The third-order valence-corrected chi connectivity index (χ3v) is 10.4. The second-order valence-corrected chi connectivity index (χ2v) is 15.1. The molecule has 4 bridgehead atoms. The van der Waals surface area contributed by atoms with Crippen molar-refractivity contribution in [1.82, 2.24) is 0 Å². The predicted molar refractivity (Wildman–Crippen MR) is 151 cm³/mol. The summed E-state index contributed by atoms with van der Waals surface area (Å²) < 4.78 is 18.0. The number of hydrogen-bond acceptors (Lipinski definition) is 7. The molecule has 0 amide bonds. The molecule has 4 unspecified atom stereocenters. The molecular formula is C33H52O7. The Morgan fingerprint density at radius 3 is 2.08 bits per heavy atom. The second kappa shape index (κ2) is 11.8. The number of Topliss-reactive ketones (excluding diaryl/α,β-unsaturated/α-hetero) is 1. The molecule has 7 heteroatoms. The third-order valence-electron chi connectivity index (χ3n) is 10.4. The van der Waals surface area contributed by atoms with Crippen molar-refractivity contribution < 1.29 is 33.4 Å². The number of hydrogen-bond donors (Lipinski definition) is 0. The fourth-order valence-electron chi connectivity index (χ4n) is 8.32. The van der Waals surface area contributed by atoms with Gasteiger partial charge in [0.2, 0.25) is 0 Å². The largest absolute Gasteiger partial charge is 0.461 e. The first kappa shape index (κ1) is 31.0. The number of carbonyl (C=O) groups excluding carboxylic acids is 4. The number of esters is 3. The standard InChI is InChI=1S/C33H52O7/c1-8-23(29(36)40-33(7)24-13-21-12-22(15-24)16-25(33)14-21)19-32(6,18-20(2)28(35)39-31(3,4)5)30(37)38-27-11-9-10-26(34)17-27/h20-25,27H,8-19H2,1-7H3. The van der Waals surface area contributed by atoms with Gasteiger partial charge in [-0.05, 0) is 122 Å². The lowest BCUT2D eigenvalue weighted by atomic mass is 9.50. The first-order valence-corrected chi connectivity index (χ1v) is 15.8. The van der Waals surface area contributed by atoms with Crippen molar-refractivity contribution in [3.05, 3.63) is 0 Å². The predicted octanol–water partition coefficient (Wildman–Crippen LogP) is 6.59. The number of ketones is 1. The van der Waals surface area contributed by atoms with E-state index in [1.165, 1.54) is 6.42 Å². The van der Waals surface area contributed by atoms with Crippen molar-refractivity contribution in [3.8, 4) is 0 Å². The number of ether oxygens (including phenoxy) is 3. The highest BCUT2D eigenvalue weighted by Gasteiger charge is 2.57. The maximum Gasteiger partial charge on any atom is 0.312 e. The van der Waals surface area contributed by atoms with E-state index in [2.05, 4.69) is 6.92 Å². The molecule has 0 heterocycles. The van der Waals surface area contributed by atoms with Gasteiger partial charge < -0.3 is 14.2 Å². The summed E-state index contributed by atoms with van der Waals surface area (Å²) in [5.74, 6) is 0.346. The fraction of sp³-hybridized carbons (Fsp3) is 0.879. The minimum atomic E-state index is -1.11. The normalized spacial score (nSPS) is 34.5. The van der Waals surface area contributed by atoms with Gasteiger partial charge in [-0.25, -0.2) is 0 Å². The lowest BCUT2D eigenvalue weighted by Gasteiger charge is -2.59. The van der Waals surface area contributed by atoms with Crippen LogP contribution in [0.2, 0.25) is 0 Å². The van der Waals surface area contributed by atoms with E-state index in [4.69, 9.17) is 14.2 Å². The van der Waals surface area contributed by atoms with Crippen LogP contribution >= 0.6 is 0 Å². The smallest absolute Gasteiger partial charge is 0.312 e. The first-order chi connectivity index (χ1) is 18.6. The molecule has 0 radical (unpaired) electrons. The maximum atomic E-state index is 13.8. The number of carbonyl (C=O) groups is 4. The number of rotatable bonds is 10. The van der Waals surface area contributed by atoms with E-state index >= 15 is 0 Å². The van der Waals surface area contributed by atoms with Gasteiger partial charge in [-0.1, -0.05) is 13.8 Å². The molecule has 0 N–H and O–H groups in total. The van der Waals surface area contributed by atoms with Crippen LogP contribution in [0.1, 0.15) is 126 Å². The van der Waals surface area contributed by atoms with Crippen molar-refractivity contribution in [2.45, 2.75) is 143 Å². The lowest BCUT2D eigenvalue weighted by Crippen LogP contribution is -2.58. The second-order valence-electron chi connectivity index (χ2n) is 15.1. The Morgan fingerprint density at radius 2 is 1.55 bits per heavy atom. The molecule has 40 heavy (non-hydrogen) atoms. The van der Waals surface area contributed by atoms with Crippen molar-refractivity contribution in [2.75, 3.05) is 0 Å². The molecule has 0 aromatic carbocycles. The summed E-state index contributed by atoms with van der Waals surface area (Å²) in [5.41, 5.74) is -2.20. The summed E-state index contributed by atoms with van der Waals surface area (Å²) in [4.78, 5) is 52.5. The zero-order valence-corrected chi connectivity index (χ0v) is 25.9. The highest BCUT2D eigenvalue weighted by Crippen LogP contribution is 2.59. The van der Waals surface area contributed by atoms with E-state index in [9.17, 15) is 19.2 Å². The van der Waals surface area contributed by atoms with Gasteiger partial charge in [0.15, 0.2) is 0 Å². The van der Waals surface area contributed by atoms with Gasteiger partial charge in [0, 0.05) is 12.8 Å². The molecule has 5 fully saturated rings. The van der Waals surface area contributed by atoms with Crippen LogP contribution in [0.4, 0.5) is 0 Å². The van der Waals surface area contributed by atoms with Crippen molar-refractivity contribution in [1.29, 1.82) is 0 Å². The molecule has 0 spiro atoms. The first-order valence-electron chi connectivity index (χ1n) is 15.8. The highest BCUT2D eigenvalue weighted by molar-refractivity contribution is 5.82. The van der Waals surface area contributed by atoms with Crippen molar-refractivity contribution >= 4 is 23.7 Å². The van der Waals surface area contributed by atoms with Gasteiger partial charge in [-0.15, -0.1) is 0 Å². The Morgan fingerprint density at radius 1 is 0.950 bits per heavy atom. The molecule has 5 rings (SSSR count). The molecule has 5 saturated carbocycles. The van der Waals surface area contributed by atoms with Gasteiger partial charge in [0.25, 0.3) is 0 Å². The Labute approximate surface area is 240 Å². The van der Waals surface area contributed by atoms with Gasteiger partial charge in [0.1, 0.15) is 23.1 Å². The van der Waals surface area contributed by atoms with E-state index in [1.54, 1.807) is 13.8 Å². The molecule has 0 aromatic heterocycles. The van der Waals surface area contributed by atoms with E-state index < -0.39 is 40.5 Å². The van der Waals surface area contributed by atoms with Gasteiger partial charge >= 0.3 is 17.9 Å². The van der Waals surface area contributed by atoms with Crippen LogP contribution in [0, 0.1) is 40.9 Å². The van der Waals surface area contributed by atoms with E-state index in [-0.39, 0.29) is 37.0 Å². The topological polar surface area (TPSA) is 96.0 Å². The zero-order chi connectivity index (χ0) is 29.5. The summed E-state index contributed by atoms with van der Waals surface area (Å²) in [6.45, 7) is 13.1. The van der Waals surface area contributed by atoms with Crippen LogP contribution in [0.5, 0.6) is 0 Å². The van der Waals surface area contributed by atoms with Crippen LogP contribution in [0.25, 0.3) is 0 Å². The molecule has 4 atom stereocenters. The molecular weight excluding hydrogens is 508 g/mol. The van der Waals surface area contributed by atoms with Gasteiger partial charge in [0.05, 0.1) is 17.3 Å². The van der Waals surface area contributed by atoms with Crippen molar-refractivity contribution in [3.63, 3.8) is 0 Å². The van der Waals surface area contributed by atoms with E-state index in [0.717, 1.165) is 37.5 Å². The molecule has 5 aliphatic carbocycles. The van der Waals surface area contributed by atoms with E-state index in [1.807, 2.05) is 27.7 Å². The van der Waals surface area contributed by atoms with Crippen LogP contribution in [-0.2, 0) is 33.4 Å². The van der Waals surface area contributed by atoms with E-state index in [0.29, 0.717) is 37.5 Å². The Kier molecular flexibility index (Phi) is 9.12. The summed E-state index contributed by atoms with van der Waals surface area (Å²) in [6.07, 6.45) is 8.50. The average molecular weight is 561 g/mol. The molecule has 5 aliphatic rings. The molecule has 226 valence electrons. The molecule has 0 saturated heterocycles. The maximum absolute atomic E-state index is 13.8. The fourth-order valence-corrected chi connectivity index (χ4v) is 8.32. The Bertz CT molecular complexity index is 950. The quantitative estimate of drug-likeness (QED) is 0.220. The molecule has 0 aliphatic heterocycles. The minimum absolute atomic E-state index is 0.104. The van der Waals surface area contributed by atoms with Crippen LogP contribution in [-0.4, -0.2) is 41.0 Å². The summed E-state index contributed by atoms with van der Waals surface area (Å²) in [5, 5.41) is 0. The van der Waals surface area contributed by atoms with Crippen LogP contribution in [0.15, 0.2) is 0 Å². The molecule has 0 aromatic rings. The Hall–Kier alpha value is -1.92. The molecule has 7 nitrogen and oxygen atoms in total. The van der Waals surface area contributed by atoms with Crippen LogP contribution < -0.4 is 0 Å². The van der Waals surface area contributed by atoms with Crippen LogP contribution in [0.3, 0.4) is 0 Å². The summed E-state index contributed by atoms with van der Waals surface area (Å²) >= 11 is 0. The monoisotopic (exact) mass is 560 g/mol. The average Bonchev–Trinajstić information content (AvgIpc) is 2.84. The third kappa shape index (κ3) is 6.92. The lowest BCUT2D eigenvalue weighted by molar-refractivity contribution is -0.208. The van der Waals surface area contributed by atoms with Gasteiger partial charge in [-0.2, -0.15) is 0 Å². The summed E-state index contributed by atoms with van der Waals surface area (Å²) in [7, 11) is 0. The SMILES string of the molecule is CCC(CC(C)(CC(C)C(=O)OC(C)(C)C)C(=O)OC1CCCC(=O)C1)C(=O)OC1(C)C2CC3CC(C2)CC1C3. The zero-order valence-electron chi connectivity index (χ0n) is 25.9. The van der Waals surface area contributed by atoms with Gasteiger partial charge in [-0.3, -0.25) is 19.2 Å².